The normalized spacial score (nSPS) is 11.1. The molecule has 0 aliphatic heterocycles. The summed E-state index contributed by atoms with van der Waals surface area (Å²) in [5, 5.41) is 13.6. The second-order valence-electron chi connectivity index (χ2n) is 7.50. The Morgan fingerprint density at radius 1 is 0.943 bits per heavy atom. The molecule has 0 saturated carbocycles. The van der Waals surface area contributed by atoms with Crippen LogP contribution in [0.5, 0.6) is 0 Å². The second-order valence-corrected chi connectivity index (χ2v) is 9.18. The van der Waals surface area contributed by atoms with Gasteiger partial charge in [-0.3, -0.25) is 9.52 Å². The maximum absolute atomic E-state index is 12.4. The van der Waals surface area contributed by atoms with E-state index in [4.69, 9.17) is 0 Å². The highest BCUT2D eigenvalue weighted by Crippen LogP contribution is 2.20. The van der Waals surface area contributed by atoms with Gasteiger partial charge in [-0.1, -0.05) is 53.5 Å². The van der Waals surface area contributed by atoms with Gasteiger partial charge in [-0.15, -0.1) is 0 Å². The van der Waals surface area contributed by atoms with Crippen molar-refractivity contribution in [3.05, 3.63) is 100 Å². The molecule has 0 unspecified atom stereocenters. The predicted octanol–water partition coefficient (Wildman–Crippen LogP) is 3.04. The smallest absolute Gasteiger partial charge is 0.390 e. The van der Waals surface area contributed by atoms with E-state index in [9.17, 15) is 23.3 Å². The molecule has 0 aliphatic rings. The van der Waals surface area contributed by atoms with E-state index in [1.165, 1.54) is 30.6 Å². The minimum absolute atomic E-state index is 0.0780. The van der Waals surface area contributed by atoms with E-state index in [-0.39, 0.29) is 29.0 Å². The quantitative estimate of drug-likeness (QED) is 0.239. The molecule has 4 rings (SSSR count). The summed E-state index contributed by atoms with van der Waals surface area (Å²) in [6.07, 6.45) is 2.91. The van der Waals surface area contributed by atoms with Crippen molar-refractivity contribution < 1.29 is 18.1 Å². The van der Waals surface area contributed by atoms with Crippen LogP contribution < -0.4 is 10.0 Å². The Bertz CT molecular complexity index is 1440. The highest BCUT2D eigenvalue weighted by molar-refractivity contribution is 7.92. The van der Waals surface area contributed by atoms with Gasteiger partial charge in [0.05, 0.1) is 11.3 Å². The molecule has 0 fully saturated rings. The summed E-state index contributed by atoms with van der Waals surface area (Å²) < 4.78 is 27.1. The van der Waals surface area contributed by atoms with Crippen LogP contribution in [0.3, 0.4) is 0 Å². The van der Waals surface area contributed by atoms with Gasteiger partial charge in [0.25, 0.3) is 10.0 Å². The maximum Gasteiger partial charge on any atom is 0.432 e. The predicted molar refractivity (Wildman–Crippen MR) is 128 cm³/mol. The Morgan fingerprint density at radius 2 is 1.66 bits per heavy atom. The van der Waals surface area contributed by atoms with Crippen molar-refractivity contribution in [2.75, 3.05) is 4.72 Å². The lowest BCUT2D eigenvalue weighted by molar-refractivity contribution is -0.393. The van der Waals surface area contributed by atoms with Crippen LogP contribution in [0.2, 0.25) is 0 Å². The van der Waals surface area contributed by atoms with Crippen molar-refractivity contribution in [3.8, 4) is 11.3 Å². The fourth-order valence-electron chi connectivity index (χ4n) is 3.19. The van der Waals surface area contributed by atoms with Crippen molar-refractivity contribution in [3.63, 3.8) is 0 Å². The van der Waals surface area contributed by atoms with Gasteiger partial charge in [-0.25, -0.2) is 18.4 Å². The number of nitro groups is 1. The number of benzene rings is 2. The lowest BCUT2D eigenvalue weighted by Gasteiger charge is -2.09. The van der Waals surface area contributed by atoms with Gasteiger partial charge in [0.15, 0.2) is 0 Å². The van der Waals surface area contributed by atoms with E-state index >= 15 is 0 Å². The van der Waals surface area contributed by atoms with Crippen molar-refractivity contribution in [2.24, 2.45) is 0 Å². The largest absolute Gasteiger partial charge is 0.432 e. The molecular formula is C23H20N6O5S. The minimum Gasteiger partial charge on any atom is -0.390 e. The lowest BCUT2D eigenvalue weighted by Crippen LogP contribution is -2.24. The van der Waals surface area contributed by atoms with Crippen LogP contribution in [0.4, 0.5) is 11.8 Å². The van der Waals surface area contributed by atoms with Crippen LogP contribution in [0.25, 0.3) is 11.3 Å². The van der Waals surface area contributed by atoms with Crippen molar-refractivity contribution in [1.82, 2.24) is 20.3 Å². The van der Waals surface area contributed by atoms with E-state index in [1.807, 2.05) is 0 Å². The first-order valence-corrected chi connectivity index (χ1v) is 11.9. The number of rotatable bonds is 9. The summed E-state index contributed by atoms with van der Waals surface area (Å²) in [6.45, 7) is 0.296. The Balaban J connectivity index is 1.29. The fraction of sp³-hybridized carbons (Fsp3) is 0.0870. The molecule has 35 heavy (non-hydrogen) atoms. The molecule has 3 N–H and O–H groups in total. The summed E-state index contributed by atoms with van der Waals surface area (Å²) in [5.74, 6) is -0.397. The molecule has 2 aromatic carbocycles. The average Bonchev–Trinajstić information content (AvgIpc) is 3.36. The molecule has 12 heteroatoms. The van der Waals surface area contributed by atoms with Gasteiger partial charge in [-0.2, -0.15) is 0 Å². The van der Waals surface area contributed by atoms with Crippen molar-refractivity contribution in [2.45, 2.75) is 17.9 Å². The number of imidazole rings is 1. The topological polar surface area (TPSA) is 160 Å². The number of sulfonamides is 1. The first-order chi connectivity index (χ1) is 16.8. The van der Waals surface area contributed by atoms with E-state index in [0.717, 1.165) is 11.1 Å². The summed E-state index contributed by atoms with van der Waals surface area (Å²) in [7, 11) is -3.74. The molecule has 0 radical (unpaired) electrons. The molecule has 11 nitrogen and oxygen atoms in total. The number of nitrogens with one attached hydrogen (secondary N) is 3. The summed E-state index contributed by atoms with van der Waals surface area (Å²) in [5.41, 5.74) is 2.73. The van der Waals surface area contributed by atoms with Crippen LogP contribution >= 0.6 is 0 Å². The molecule has 1 amide bonds. The number of carbonyl (C=O) groups excluding carboxylic acids is 1. The van der Waals surface area contributed by atoms with Gasteiger partial charge in [0.2, 0.25) is 5.91 Å². The minimum atomic E-state index is -3.74. The number of aromatic amines is 1. The third-order valence-electron chi connectivity index (χ3n) is 4.97. The van der Waals surface area contributed by atoms with Crippen molar-refractivity contribution in [1.29, 1.82) is 0 Å². The number of nitrogens with zero attached hydrogens (tertiary/aromatic N) is 3. The number of carbonyl (C=O) groups is 1. The van der Waals surface area contributed by atoms with E-state index in [2.05, 4.69) is 25.0 Å². The van der Waals surface area contributed by atoms with Crippen molar-refractivity contribution >= 4 is 27.7 Å². The summed E-state index contributed by atoms with van der Waals surface area (Å²) in [4.78, 5) is 33.0. The molecule has 4 aromatic rings. The van der Waals surface area contributed by atoms with Gasteiger partial charge < -0.3 is 15.4 Å². The molecule has 0 spiro atoms. The highest BCUT2D eigenvalue weighted by Gasteiger charge is 2.15. The Kier molecular flexibility index (Phi) is 6.83. The number of pyridine rings is 1. The molecule has 178 valence electrons. The fourth-order valence-corrected chi connectivity index (χ4v) is 4.22. The number of hydrogen-bond acceptors (Lipinski definition) is 7. The zero-order valence-electron chi connectivity index (χ0n) is 18.2. The van der Waals surface area contributed by atoms with Crippen LogP contribution in [0.1, 0.15) is 11.1 Å². The van der Waals surface area contributed by atoms with Gasteiger partial charge in [0.1, 0.15) is 17.7 Å². The molecule has 0 saturated heterocycles. The Labute approximate surface area is 200 Å². The first kappa shape index (κ1) is 23.6. The molecular weight excluding hydrogens is 472 g/mol. The van der Waals surface area contributed by atoms with E-state index in [1.54, 1.807) is 48.5 Å². The number of anilines is 1. The standard InChI is InChI=1S/C23H20N6O5S/c30-22(25-13-16-6-9-18(10-7-16)20-15-26-23(27-20)29(31)32)12-17-8-11-21(24-14-17)28-35(33,34)19-4-2-1-3-5-19/h1-11,14-15H,12-13H2,(H,24,28)(H,25,30)(H,26,27). The monoisotopic (exact) mass is 492 g/mol. The summed E-state index contributed by atoms with van der Waals surface area (Å²) >= 11 is 0. The average molecular weight is 493 g/mol. The zero-order chi connectivity index (χ0) is 24.8. The van der Waals surface area contributed by atoms with Crippen LogP contribution in [0.15, 0.2) is 84.0 Å². The van der Waals surface area contributed by atoms with Gasteiger partial charge in [-0.05, 0) is 34.2 Å². The van der Waals surface area contributed by atoms with Crippen LogP contribution in [-0.2, 0) is 27.8 Å². The number of amides is 1. The Morgan fingerprint density at radius 3 is 2.29 bits per heavy atom. The second kappa shape index (κ2) is 10.1. The van der Waals surface area contributed by atoms with Crippen LogP contribution in [0, 0.1) is 10.1 Å². The van der Waals surface area contributed by atoms with Gasteiger partial charge in [0, 0.05) is 18.3 Å². The number of aromatic nitrogens is 3. The zero-order valence-corrected chi connectivity index (χ0v) is 19.0. The SMILES string of the molecule is O=C(Cc1ccc(NS(=O)(=O)c2ccccc2)nc1)NCc1ccc(-c2cnc([N+](=O)[O-])[nH]2)cc1. The lowest BCUT2D eigenvalue weighted by atomic mass is 10.1. The number of hydrogen-bond donors (Lipinski definition) is 3. The van der Waals surface area contributed by atoms with E-state index < -0.39 is 14.9 Å². The molecule has 0 aliphatic carbocycles. The summed E-state index contributed by atoms with van der Waals surface area (Å²) in [6, 6.07) is 18.2. The molecule has 2 heterocycles. The van der Waals surface area contributed by atoms with E-state index in [0.29, 0.717) is 17.8 Å². The third-order valence-corrected chi connectivity index (χ3v) is 6.34. The number of H-pyrrole nitrogens is 1. The first-order valence-electron chi connectivity index (χ1n) is 10.4. The maximum atomic E-state index is 12.4. The molecule has 0 atom stereocenters. The molecule has 0 bridgehead atoms. The highest BCUT2D eigenvalue weighted by atomic mass is 32.2. The van der Waals surface area contributed by atoms with Gasteiger partial charge >= 0.3 is 5.95 Å². The third kappa shape index (κ3) is 6.06. The molecule has 2 aromatic heterocycles. The Hall–Kier alpha value is -4.58. The van der Waals surface area contributed by atoms with Crippen LogP contribution in [-0.4, -0.2) is 34.2 Å².